The number of carbonyl (C=O) groups excluding carboxylic acids is 1. The summed E-state index contributed by atoms with van der Waals surface area (Å²) in [6.07, 6.45) is 1.02. The van der Waals surface area contributed by atoms with E-state index in [9.17, 15) is 9.59 Å². The molecule has 0 aromatic heterocycles. The van der Waals surface area contributed by atoms with Crippen LogP contribution in [0.1, 0.15) is 20.7 Å². The molecule has 0 radical (unpaired) electrons. The first-order valence-electron chi connectivity index (χ1n) is 5.22. The molecular weight excluding hydrogens is 232 g/mol. The first kappa shape index (κ1) is 11.9. The average molecular weight is 242 g/mol. The number of carboxylic acid groups (broad SMARTS) is 1. The molecule has 0 saturated carbocycles. The predicted octanol–water partition coefficient (Wildman–Crippen LogP) is 2.84. The molecule has 90 valence electrons. The minimum atomic E-state index is -1.08. The molecule has 0 atom stereocenters. The Morgan fingerprint density at radius 1 is 1.11 bits per heavy atom. The van der Waals surface area contributed by atoms with Gasteiger partial charge in [0, 0.05) is 5.39 Å². The second-order valence-electron chi connectivity index (χ2n) is 3.59. The predicted molar refractivity (Wildman–Crippen MR) is 66.5 cm³/mol. The molecule has 0 aliphatic carbocycles. The van der Waals surface area contributed by atoms with Crippen molar-refractivity contribution in [1.29, 1.82) is 0 Å². The first-order valence-corrected chi connectivity index (χ1v) is 5.22. The standard InChI is InChI=1S/C14H10O4/c1-2-18-14(17)11-8-4-6-9-5-3-7-10(12(9)11)13(15)16/h2-8H,1H2,(H,15,16). The van der Waals surface area contributed by atoms with E-state index in [4.69, 9.17) is 9.84 Å². The fourth-order valence-electron chi connectivity index (χ4n) is 1.83. The van der Waals surface area contributed by atoms with Crippen molar-refractivity contribution in [2.24, 2.45) is 0 Å². The largest absolute Gasteiger partial charge is 0.478 e. The number of fused-ring (bicyclic) bond motifs is 1. The molecule has 0 spiro atoms. The summed E-state index contributed by atoms with van der Waals surface area (Å²) < 4.78 is 4.70. The second kappa shape index (κ2) is 4.71. The Kier molecular flexibility index (Phi) is 3.10. The van der Waals surface area contributed by atoms with Gasteiger partial charge in [0.25, 0.3) is 0 Å². The highest BCUT2D eigenvalue weighted by Gasteiger charge is 2.16. The lowest BCUT2D eigenvalue weighted by Gasteiger charge is -2.07. The number of esters is 1. The number of benzene rings is 2. The molecule has 0 unspecified atom stereocenters. The van der Waals surface area contributed by atoms with E-state index in [2.05, 4.69) is 6.58 Å². The van der Waals surface area contributed by atoms with Crippen molar-refractivity contribution in [3.8, 4) is 0 Å². The zero-order chi connectivity index (χ0) is 13.1. The third kappa shape index (κ3) is 1.96. The van der Waals surface area contributed by atoms with E-state index >= 15 is 0 Å². The van der Waals surface area contributed by atoms with Crippen LogP contribution in [-0.2, 0) is 4.74 Å². The number of carboxylic acids is 1. The fourth-order valence-corrected chi connectivity index (χ4v) is 1.83. The Morgan fingerprint density at radius 2 is 1.72 bits per heavy atom. The van der Waals surface area contributed by atoms with Crippen LogP contribution in [0.2, 0.25) is 0 Å². The molecule has 0 fully saturated rings. The van der Waals surface area contributed by atoms with Gasteiger partial charge in [-0.05, 0) is 17.5 Å². The quantitative estimate of drug-likeness (QED) is 0.664. The van der Waals surface area contributed by atoms with Crippen molar-refractivity contribution in [1.82, 2.24) is 0 Å². The molecule has 2 aromatic carbocycles. The Morgan fingerprint density at radius 3 is 2.28 bits per heavy atom. The lowest BCUT2D eigenvalue weighted by Crippen LogP contribution is -2.05. The molecule has 4 heteroatoms. The van der Waals surface area contributed by atoms with Crippen LogP contribution >= 0.6 is 0 Å². The molecule has 0 amide bonds. The number of hydrogen-bond acceptors (Lipinski definition) is 3. The molecule has 2 rings (SSSR count). The Labute approximate surface area is 103 Å². The van der Waals surface area contributed by atoms with E-state index in [1.807, 2.05) is 0 Å². The van der Waals surface area contributed by atoms with Crippen LogP contribution in [0, 0.1) is 0 Å². The van der Waals surface area contributed by atoms with Crippen molar-refractivity contribution < 1.29 is 19.4 Å². The number of carbonyl (C=O) groups is 2. The lowest BCUT2D eigenvalue weighted by atomic mass is 9.99. The molecule has 0 aliphatic rings. The minimum absolute atomic E-state index is 0.0733. The summed E-state index contributed by atoms with van der Waals surface area (Å²) in [5, 5.41) is 10.2. The van der Waals surface area contributed by atoms with Crippen LogP contribution < -0.4 is 0 Å². The summed E-state index contributed by atoms with van der Waals surface area (Å²) in [5.41, 5.74) is 0.287. The third-order valence-corrected chi connectivity index (χ3v) is 2.55. The van der Waals surface area contributed by atoms with Crippen molar-refractivity contribution in [2.75, 3.05) is 0 Å². The van der Waals surface area contributed by atoms with Gasteiger partial charge in [0.15, 0.2) is 0 Å². The minimum Gasteiger partial charge on any atom is -0.478 e. The summed E-state index contributed by atoms with van der Waals surface area (Å²) >= 11 is 0. The van der Waals surface area contributed by atoms with Gasteiger partial charge < -0.3 is 9.84 Å². The lowest BCUT2D eigenvalue weighted by molar-refractivity contribution is 0.0666. The molecule has 2 aromatic rings. The van der Waals surface area contributed by atoms with Gasteiger partial charge in [0.2, 0.25) is 0 Å². The summed E-state index contributed by atoms with van der Waals surface area (Å²) in [5.74, 6) is -1.70. The van der Waals surface area contributed by atoms with Gasteiger partial charge in [-0.15, -0.1) is 0 Å². The molecule has 0 aliphatic heterocycles. The van der Waals surface area contributed by atoms with Gasteiger partial charge in [-0.1, -0.05) is 30.8 Å². The normalized spacial score (nSPS) is 10.0. The van der Waals surface area contributed by atoms with Crippen molar-refractivity contribution in [3.63, 3.8) is 0 Å². The highest BCUT2D eigenvalue weighted by Crippen LogP contribution is 2.24. The topological polar surface area (TPSA) is 63.6 Å². The Balaban J connectivity index is 2.77. The maximum absolute atomic E-state index is 11.7. The smallest absolute Gasteiger partial charge is 0.343 e. The van der Waals surface area contributed by atoms with Crippen LogP contribution in [0.5, 0.6) is 0 Å². The highest BCUT2D eigenvalue weighted by molar-refractivity contribution is 6.13. The molecule has 0 heterocycles. The number of ether oxygens (including phenoxy) is 1. The summed E-state index contributed by atoms with van der Waals surface area (Å²) in [6, 6.07) is 9.77. The van der Waals surface area contributed by atoms with Crippen LogP contribution in [0.25, 0.3) is 10.8 Å². The Hall–Kier alpha value is -2.62. The first-order chi connectivity index (χ1) is 8.65. The molecule has 18 heavy (non-hydrogen) atoms. The van der Waals surface area contributed by atoms with Gasteiger partial charge in [0.1, 0.15) is 0 Å². The van der Waals surface area contributed by atoms with Gasteiger partial charge in [-0.2, -0.15) is 0 Å². The van der Waals surface area contributed by atoms with Crippen molar-refractivity contribution in [3.05, 3.63) is 60.4 Å². The van der Waals surface area contributed by atoms with Gasteiger partial charge >= 0.3 is 11.9 Å². The SMILES string of the molecule is C=COC(=O)c1cccc2cccc(C(=O)O)c12. The zero-order valence-corrected chi connectivity index (χ0v) is 9.42. The highest BCUT2D eigenvalue weighted by atomic mass is 16.5. The number of rotatable bonds is 3. The van der Waals surface area contributed by atoms with Crippen LogP contribution in [0.4, 0.5) is 0 Å². The molecular formula is C14H10O4. The second-order valence-corrected chi connectivity index (χ2v) is 3.59. The van der Waals surface area contributed by atoms with E-state index in [-0.39, 0.29) is 11.1 Å². The monoisotopic (exact) mass is 242 g/mol. The maximum Gasteiger partial charge on any atom is 0.343 e. The third-order valence-electron chi connectivity index (χ3n) is 2.55. The van der Waals surface area contributed by atoms with Crippen molar-refractivity contribution >= 4 is 22.7 Å². The van der Waals surface area contributed by atoms with Crippen LogP contribution in [0.3, 0.4) is 0 Å². The van der Waals surface area contributed by atoms with E-state index in [0.717, 1.165) is 6.26 Å². The van der Waals surface area contributed by atoms with Crippen LogP contribution in [0.15, 0.2) is 49.2 Å². The number of aromatic carboxylic acids is 1. The number of hydrogen-bond donors (Lipinski definition) is 1. The van der Waals surface area contributed by atoms with E-state index in [1.165, 1.54) is 12.1 Å². The maximum atomic E-state index is 11.7. The van der Waals surface area contributed by atoms with E-state index in [0.29, 0.717) is 10.8 Å². The molecule has 0 saturated heterocycles. The van der Waals surface area contributed by atoms with Gasteiger partial charge in [-0.25, -0.2) is 9.59 Å². The fraction of sp³-hybridized carbons (Fsp3) is 0. The average Bonchev–Trinajstić information content (AvgIpc) is 2.37. The molecule has 1 N–H and O–H groups in total. The van der Waals surface area contributed by atoms with Crippen molar-refractivity contribution in [2.45, 2.75) is 0 Å². The van der Waals surface area contributed by atoms with Gasteiger partial charge in [-0.3, -0.25) is 0 Å². The summed E-state index contributed by atoms with van der Waals surface area (Å²) in [4.78, 5) is 22.9. The zero-order valence-electron chi connectivity index (χ0n) is 9.42. The van der Waals surface area contributed by atoms with Gasteiger partial charge in [0.05, 0.1) is 17.4 Å². The molecule has 4 nitrogen and oxygen atoms in total. The van der Waals surface area contributed by atoms with Crippen LogP contribution in [-0.4, -0.2) is 17.0 Å². The molecule has 0 bridgehead atoms. The summed E-state index contributed by atoms with van der Waals surface area (Å²) in [7, 11) is 0. The Bertz CT molecular complexity index is 638. The summed E-state index contributed by atoms with van der Waals surface area (Å²) in [6.45, 7) is 3.30. The van der Waals surface area contributed by atoms with E-state index in [1.54, 1.807) is 24.3 Å². The van der Waals surface area contributed by atoms with E-state index < -0.39 is 11.9 Å².